The third kappa shape index (κ3) is 1.81. The summed E-state index contributed by atoms with van der Waals surface area (Å²) < 4.78 is 5.15. The van der Waals surface area contributed by atoms with Crippen molar-refractivity contribution in [3.8, 4) is 0 Å². The summed E-state index contributed by atoms with van der Waals surface area (Å²) in [7, 11) is 1.64. The van der Waals surface area contributed by atoms with Gasteiger partial charge >= 0.3 is 0 Å². The minimum atomic E-state index is -0.731. The fraction of sp³-hybridized carbons (Fsp3) is 1.00. The maximum absolute atomic E-state index is 10.7. The lowest BCUT2D eigenvalue weighted by molar-refractivity contribution is -0.132. The molecule has 3 nitrogen and oxygen atoms in total. The molecule has 0 aromatic heterocycles. The predicted molar refractivity (Wildman–Crippen MR) is 57.0 cm³/mol. The minimum Gasteiger partial charge on any atom is -0.387 e. The molecule has 1 fully saturated rings. The molecule has 14 heavy (non-hydrogen) atoms. The summed E-state index contributed by atoms with van der Waals surface area (Å²) in [5, 5.41) is 10.7. The van der Waals surface area contributed by atoms with Gasteiger partial charge in [0.1, 0.15) is 0 Å². The summed E-state index contributed by atoms with van der Waals surface area (Å²) in [5.41, 5.74) is 4.83. The Morgan fingerprint density at radius 1 is 1.50 bits per heavy atom. The maximum atomic E-state index is 10.7. The molecule has 0 aromatic carbocycles. The van der Waals surface area contributed by atoms with Gasteiger partial charge in [0.05, 0.1) is 12.2 Å². The van der Waals surface area contributed by atoms with Crippen LogP contribution in [0.4, 0.5) is 0 Å². The van der Waals surface area contributed by atoms with E-state index >= 15 is 0 Å². The molecule has 3 heteroatoms. The second-order valence-corrected chi connectivity index (χ2v) is 4.75. The van der Waals surface area contributed by atoms with Gasteiger partial charge in [0.2, 0.25) is 0 Å². The molecular formula is C11H23NO2. The van der Waals surface area contributed by atoms with Crippen LogP contribution in [0.2, 0.25) is 0 Å². The van der Waals surface area contributed by atoms with Gasteiger partial charge in [-0.1, -0.05) is 13.8 Å². The molecule has 84 valence electrons. The first-order valence-corrected chi connectivity index (χ1v) is 5.45. The number of ether oxygens (including phenoxy) is 1. The maximum Gasteiger partial charge on any atom is 0.0972 e. The molecule has 3 N–H and O–H groups in total. The van der Waals surface area contributed by atoms with Gasteiger partial charge in [0.25, 0.3) is 0 Å². The standard InChI is InChI=1S/C11H23NO2/c1-4-10(2,7-12)11(13,8-14-3)9-5-6-9/h9,13H,4-8,12H2,1-3H3. The summed E-state index contributed by atoms with van der Waals surface area (Å²) in [6.45, 7) is 5.05. The van der Waals surface area contributed by atoms with Crippen LogP contribution in [0.5, 0.6) is 0 Å². The molecule has 2 atom stereocenters. The van der Waals surface area contributed by atoms with E-state index in [1.165, 1.54) is 0 Å². The van der Waals surface area contributed by atoms with Crippen LogP contribution in [0.1, 0.15) is 33.1 Å². The van der Waals surface area contributed by atoms with Crippen molar-refractivity contribution in [1.82, 2.24) is 0 Å². The monoisotopic (exact) mass is 201 g/mol. The van der Waals surface area contributed by atoms with Crippen LogP contribution in [0.15, 0.2) is 0 Å². The molecule has 2 unspecified atom stereocenters. The van der Waals surface area contributed by atoms with Crippen LogP contribution in [0.25, 0.3) is 0 Å². The van der Waals surface area contributed by atoms with E-state index in [2.05, 4.69) is 13.8 Å². The van der Waals surface area contributed by atoms with E-state index in [0.717, 1.165) is 19.3 Å². The Morgan fingerprint density at radius 3 is 2.36 bits per heavy atom. The van der Waals surface area contributed by atoms with E-state index in [4.69, 9.17) is 10.5 Å². The zero-order valence-corrected chi connectivity index (χ0v) is 9.55. The predicted octanol–water partition coefficient (Wildman–Crippen LogP) is 1.15. The van der Waals surface area contributed by atoms with Crippen molar-refractivity contribution in [2.45, 2.75) is 38.7 Å². The molecule has 0 aliphatic heterocycles. The van der Waals surface area contributed by atoms with Gasteiger partial charge in [-0.05, 0) is 25.2 Å². The summed E-state index contributed by atoms with van der Waals surface area (Å²) in [6, 6.07) is 0. The zero-order chi connectivity index (χ0) is 10.8. The van der Waals surface area contributed by atoms with Crippen molar-refractivity contribution in [1.29, 1.82) is 0 Å². The summed E-state index contributed by atoms with van der Waals surface area (Å²) in [6.07, 6.45) is 3.10. The second kappa shape index (κ2) is 4.17. The van der Waals surface area contributed by atoms with E-state index in [-0.39, 0.29) is 5.41 Å². The van der Waals surface area contributed by atoms with E-state index in [0.29, 0.717) is 19.1 Å². The van der Waals surface area contributed by atoms with Crippen molar-refractivity contribution < 1.29 is 9.84 Å². The molecule has 0 spiro atoms. The Kier molecular flexibility index (Phi) is 3.56. The van der Waals surface area contributed by atoms with Gasteiger partial charge < -0.3 is 15.6 Å². The Bertz CT molecular complexity index is 188. The van der Waals surface area contributed by atoms with Crippen LogP contribution in [0, 0.1) is 11.3 Å². The summed E-state index contributed by atoms with van der Waals surface area (Å²) in [5.74, 6) is 0.385. The van der Waals surface area contributed by atoms with Crippen LogP contribution < -0.4 is 5.73 Å². The largest absolute Gasteiger partial charge is 0.387 e. The molecular weight excluding hydrogens is 178 g/mol. The Balaban J connectivity index is 2.83. The minimum absolute atomic E-state index is 0.218. The number of nitrogens with two attached hydrogens (primary N) is 1. The van der Waals surface area contributed by atoms with Gasteiger partial charge in [0, 0.05) is 19.1 Å². The lowest BCUT2D eigenvalue weighted by Gasteiger charge is -2.44. The van der Waals surface area contributed by atoms with Gasteiger partial charge in [-0.2, -0.15) is 0 Å². The molecule has 1 aliphatic carbocycles. The highest BCUT2D eigenvalue weighted by molar-refractivity contribution is 5.05. The fourth-order valence-corrected chi connectivity index (χ4v) is 2.19. The molecule has 1 saturated carbocycles. The van der Waals surface area contributed by atoms with E-state index in [1.54, 1.807) is 7.11 Å². The molecule has 0 heterocycles. The highest BCUT2D eigenvalue weighted by Gasteiger charge is 2.54. The van der Waals surface area contributed by atoms with E-state index < -0.39 is 5.60 Å². The van der Waals surface area contributed by atoms with E-state index in [1.807, 2.05) is 0 Å². The van der Waals surface area contributed by atoms with Crippen LogP contribution in [0.3, 0.4) is 0 Å². The number of hydrogen-bond donors (Lipinski definition) is 2. The average Bonchev–Trinajstić information content (AvgIpc) is 3.00. The van der Waals surface area contributed by atoms with Crippen LogP contribution in [-0.2, 0) is 4.74 Å². The highest BCUT2D eigenvalue weighted by atomic mass is 16.5. The normalized spacial score (nSPS) is 25.5. The van der Waals surface area contributed by atoms with Crippen molar-refractivity contribution in [3.63, 3.8) is 0 Å². The van der Waals surface area contributed by atoms with Gasteiger partial charge in [0.15, 0.2) is 0 Å². The van der Waals surface area contributed by atoms with Gasteiger partial charge in [-0.15, -0.1) is 0 Å². The SMILES string of the molecule is CCC(C)(CN)C(O)(COC)C1CC1. The smallest absolute Gasteiger partial charge is 0.0972 e. The quantitative estimate of drug-likeness (QED) is 0.678. The lowest BCUT2D eigenvalue weighted by Crippen LogP contribution is -2.55. The second-order valence-electron chi connectivity index (χ2n) is 4.75. The molecule has 0 radical (unpaired) electrons. The molecule has 0 saturated heterocycles. The molecule has 1 aliphatic rings. The Morgan fingerprint density at radius 2 is 2.07 bits per heavy atom. The third-order valence-corrected chi connectivity index (χ3v) is 3.89. The van der Waals surface area contributed by atoms with Crippen LogP contribution in [-0.4, -0.2) is 31.0 Å². The number of aliphatic hydroxyl groups is 1. The van der Waals surface area contributed by atoms with Gasteiger partial charge in [-0.25, -0.2) is 0 Å². The first-order valence-electron chi connectivity index (χ1n) is 5.45. The Labute approximate surface area is 86.6 Å². The molecule has 1 rings (SSSR count). The van der Waals surface area contributed by atoms with Crippen molar-refractivity contribution in [2.24, 2.45) is 17.1 Å². The Hall–Kier alpha value is -0.120. The van der Waals surface area contributed by atoms with Crippen LogP contribution >= 0.6 is 0 Å². The number of rotatable bonds is 6. The highest BCUT2D eigenvalue weighted by Crippen LogP contribution is 2.50. The first kappa shape index (κ1) is 12.0. The van der Waals surface area contributed by atoms with Gasteiger partial charge in [-0.3, -0.25) is 0 Å². The van der Waals surface area contributed by atoms with Crippen molar-refractivity contribution in [2.75, 3.05) is 20.3 Å². The summed E-state index contributed by atoms with van der Waals surface area (Å²) in [4.78, 5) is 0. The lowest BCUT2D eigenvalue weighted by atomic mass is 9.69. The molecule has 0 bridgehead atoms. The molecule has 0 amide bonds. The molecule has 0 aromatic rings. The van der Waals surface area contributed by atoms with Crippen molar-refractivity contribution in [3.05, 3.63) is 0 Å². The average molecular weight is 201 g/mol. The number of methoxy groups -OCH3 is 1. The zero-order valence-electron chi connectivity index (χ0n) is 9.55. The number of hydrogen-bond acceptors (Lipinski definition) is 3. The topological polar surface area (TPSA) is 55.5 Å². The summed E-state index contributed by atoms with van der Waals surface area (Å²) >= 11 is 0. The first-order chi connectivity index (χ1) is 6.54. The third-order valence-electron chi connectivity index (χ3n) is 3.89. The van der Waals surface area contributed by atoms with E-state index in [9.17, 15) is 5.11 Å². The fourth-order valence-electron chi connectivity index (χ4n) is 2.19. The van der Waals surface area contributed by atoms with Crippen molar-refractivity contribution >= 4 is 0 Å².